The van der Waals surface area contributed by atoms with Crippen LogP contribution < -0.4 is 15.4 Å². The summed E-state index contributed by atoms with van der Waals surface area (Å²) in [6.07, 6.45) is -0.561. The fraction of sp³-hybridized carbons (Fsp3) is 0.395. The molecule has 1 heterocycles. The molecule has 4 unspecified atom stereocenters. The highest BCUT2D eigenvalue weighted by molar-refractivity contribution is 6.34. The SMILES string of the molecule is CCOC1C(=O)C(C(C(=O)Nc2cc(NC(=O)C(CC)Oc3ccc(C)cc3C)ccc2Cl)C(=O)C2(C)CC2)C(=O)N1Cc1ccccc1. The van der Waals surface area contributed by atoms with Gasteiger partial charge in [-0.25, -0.2) is 0 Å². The van der Waals surface area contributed by atoms with Crippen molar-refractivity contribution in [1.29, 1.82) is 0 Å². The molecule has 258 valence electrons. The maximum absolute atomic E-state index is 14.1. The van der Waals surface area contributed by atoms with Gasteiger partial charge in [0, 0.05) is 24.3 Å². The number of amides is 3. The summed E-state index contributed by atoms with van der Waals surface area (Å²) >= 11 is 6.49. The molecule has 4 atom stereocenters. The van der Waals surface area contributed by atoms with Crippen LogP contribution >= 0.6 is 11.6 Å². The fourth-order valence-electron chi connectivity index (χ4n) is 6.07. The van der Waals surface area contributed by atoms with Gasteiger partial charge in [0.15, 0.2) is 23.9 Å². The van der Waals surface area contributed by atoms with Crippen molar-refractivity contribution in [1.82, 2.24) is 4.90 Å². The first-order valence-electron chi connectivity index (χ1n) is 16.6. The van der Waals surface area contributed by atoms with Crippen LogP contribution in [0, 0.1) is 31.1 Å². The molecule has 2 fully saturated rings. The van der Waals surface area contributed by atoms with Crippen molar-refractivity contribution in [2.75, 3.05) is 17.2 Å². The van der Waals surface area contributed by atoms with Gasteiger partial charge in [-0.2, -0.15) is 0 Å². The quantitative estimate of drug-likeness (QED) is 0.191. The van der Waals surface area contributed by atoms with Crippen molar-refractivity contribution in [3.05, 3.63) is 88.4 Å². The zero-order chi connectivity index (χ0) is 35.5. The molecule has 3 aromatic carbocycles. The Bertz CT molecular complexity index is 1760. The number of carbonyl (C=O) groups excluding carboxylic acids is 5. The Morgan fingerprint density at radius 2 is 1.67 bits per heavy atom. The van der Waals surface area contributed by atoms with Gasteiger partial charge in [0.2, 0.25) is 11.8 Å². The second-order valence-corrected chi connectivity index (χ2v) is 13.4. The van der Waals surface area contributed by atoms with Crippen LogP contribution in [-0.2, 0) is 35.3 Å². The molecular formula is C38H42ClN3O7. The molecular weight excluding hydrogens is 646 g/mol. The number of ketones is 2. The van der Waals surface area contributed by atoms with Crippen LogP contribution in [0.4, 0.5) is 11.4 Å². The van der Waals surface area contributed by atoms with Crippen molar-refractivity contribution >= 4 is 52.3 Å². The van der Waals surface area contributed by atoms with Gasteiger partial charge in [-0.15, -0.1) is 0 Å². The van der Waals surface area contributed by atoms with Gasteiger partial charge in [0.05, 0.1) is 10.7 Å². The van der Waals surface area contributed by atoms with E-state index in [4.69, 9.17) is 21.1 Å². The lowest BCUT2D eigenvalue weighted by atomic mass is 9.80. The van der Waals surface area contributed by atoms with Crippen molar-refractivity contribution in [3.8, 4) is 5.75 Å². The van der Waals surface area contributed by atoms with E-state index in [0.717, 1.165) is 16.7 Å². The van der Waals surface area contributed by atoms with Gasteiger partial charge < -0.3 is 25.0 Å². The summed E-state index contributed by atoms with van der Waals surface area (Å²) in [4.78, 5) is 70.4. The van der Waals surface area contributed by atoms with Crippen molar-refractivity contribution in [2.24, 2.45) is 17.3 Å². The Balaban J connectivity index is 1.38. The van der Waals surface area contributed by atoms with Crippen LogP contribution in [0.15, 0.2) is 66.7 Å². The highest BCUT2D eigenvalue weighted by Gasteiger charge is 2.59. The maximum Gasteiger partial charge on any atom is 0.265 e. The molecule has 3 aromatic rings. The lowest BCUT2D eigenvalue weighted by molar-refractivity contribution is -0.146. The molecule has 11 heteroatoms. The normalized spacial score (nSPS) is 19.3. The number of aryl methyl sites for hydroxylation is 2. The number of hydrogen-bond acceptors (Lipinski definition) is 7. The third kappa shape index (κ3) is 7.86. The third-order valence-corrected chi connectivity index (χ3v) is 9.48. The highest BCUT2D eigenvalue weighted by Crippen LogP contribution is 2.49. The summed E-state index contributed by atoms with van der Waals surface area (Å²) in [6.45, 7) is 9.38. The first-order chi connectivity index (χ1) is 23.4. The Hall–Kier alpha value is -4.54. The minimum absolute atomic E-state index is 0.0753. The number of rotatable bonds is 14. The number of benzene rings is 3. The number of ether oxygens (including phenoxy) is 2. The molecule has 0 radical (unpaired) electrons. The molecule has 1 saturated carbocycles. The number of nitrogens with zero attached hydrogens (tertiary/aromatic N) is 1. The Morgan fingerprint density at radius 1 is 0.959 bits per heavy atom. The van der Waals surface area contributed by atoms with E-state index in [2.05, 4.69) is 10.6 Å². The summed E-state index contributed by atoms with van der Waals surface area (Å²) in [6, 6.07) is 19.4. The average Bonchev–Trinajstić information content (AvgIpc) is 3.79. The summed E-state index contributed by atoms with van der Waals surface area (Å²) in [5.41, 5.74) is 2.34. The zero-order valence-electron chi connectivity index (χ0n) is 28.4. The summed E-state index contributed by atoms with van der Waals surface area (Å²) in [5.74, 6) is -5.59. The number of likely N-dealkylation sites (tertiary alicyclic amines) is 1. The van der Waals surface area contributed by atoms with Crippen molar-refractivity contribution in [2.45, 2.75) is 72.8 Å². The molecule has 10 nitrogen and oxygen atoms in total. The predicted octanol–water partition coefficient (Wildman–Crippen LogP) is 6.27. The van der Waals surface area contributed by atoms with Crippen LogP contribution in [0.1, 0.15) is 56.7 Å². The minimum Gasteiger partial charge on any atom is -0.480 e. The molecule has 2 aliphatic rings. The topological polar surface area (TPSA) is 131 Å². The van der Waals surface area contributed by atoms with E-state index in [9.17, 15) is 24.0 Å². The lowest BCUT2D eigenvalue weighted by Crippen LogP contribution is -2.44. The number of hydrogen-bond donors (Lipinski definition) is 2. The molecule has 1 aliphatic heterocycles. The first kappa shape index (κ1) is 35.8. The standard InChI is InChI=1S/C38H42ClN3O7/c1-6-28(49-29-16-13-22(3)19-23(29)4)34(45)40-25-14-15-26(39)27(20-25)41-35(46)31(33(44)38(5)17-18-38)30-32(43)37(48-7-2)42(36(30)47)21-24-11-9-8-10-12-24/h8-16,19-20,28,30-31,37H,6-7,17-18,21H2,1-5H3,(H,40,45)(H,41,46). The van der Waals surface area contributed by atoms with E-state index in [1.807, 2.05) is 69.3 Å². The molecule has 3 amide bonds. The molecule has 1 saturated heterocycles. The van der Waals surface area contributed by atoms with E-state index in [-0.39, 0.29) is 23.9 Å². The van der Waals surface area contributed by atoms with Crippen molar-refractivity contribution < 1.29 is 33.4 Å². The van der Waals surface area contributed by atoms with Gasteiger partial charge in [-0.1, -0.05) is 73.5 Å². The van der Waals surface area contributed by atoms with Crippen LogP contribution in [0.25, 0.3) is 0 Å². The Kier molecular flexibility index (Phi) is 10.9. The fourth-order valence-corrected chi connectivity index (χ4v) is 6.24. The van der Waals surface area contributed by atoms with Gasteiger partial charge >= 0.3 is 0 Å². The van der Waals surface area contributed by atoms with Crippen LogP contribution in [0.5, 0.6) is 5.75 Å². The average molecular weight is 688 g/mol. The summed E-state index contributed by atoms with van der Waals surface area (Å²) in [7, 11) is 0. The Morgan fingerprint density at radius 3 is 2.31 bits per heavy atom. The van der Waals surface area contributed by atoms with Crippen LogP contribution in [0.2, 0.25) is 5.02 Å². The summed E-state index contributed by atoms with van der Waals surface area (Å²) in [5, 5.41) is 5.64. The first-order valence-corrected chi connectivity index (χ1v) is 16.9. The smallest absolute Gasteiger partial charge is 0.265 e. The molecule has 0 spiro atoms. The second kappa shape index (κ2) is 14.9. The number of nitrogens with one attached hydrogen (secondary N) is 2. The molecule has 5 rings (SSSR count). The van der Waals surface area contributed by atoms with Gasteiger partial charge in [-0.3, -0.25) is 24.0 Å². The molecule has 49 heavy (non-hydrogen) atoms. The number of anilines is 2. The van der Waals surface area contributed by atoms with Gasteiger partial charge in [0.1, 0.15) is 17.6 Å². The van der Waals surface area contributed by atoms with Gasteiger partial charge in [-0.05, 0) is 75.4 Å². The molecule has 2 N–H and O–H groups in total. The highest BCUT2D eigenvalue weighted by atomic mass is 35.5. The number of Topliss-reactive ketones (excluding diaryl/α,β-unsaturated/α-hetero) is 2. The molecule has 1 aliphatic carbocycles. The predicted molar refractivity (Wildman–Crippen MR) is 186 cm³/mol. The largest absolute Gasteiger partial charge is 0.480 e. The number of carbonyl (C=O) groups is 5. The van der Waals surface area contributed by atoms with Crippen molar-refractivity contribution in [3.63, 3.8) is 0 Å². The van der Waals surface area contributed by atoms with E-state index in [0.29, 0.717) is 30.7 Å². The molecule has 0 bridgehead atoms. The monoisotopic (exact) mass is 687 g/mol. The van der Waals surface area contributed by atoms with E-state index in [1.165, 1.54) is 17.0 Å². The zero-order valence-corrected chi connectivity index (χ0v) is 29.1. The summed E-state index contributed by atoms with van der Waals surface area (Å²) < 4.78 is 11.7. The Labute approximate surface area is 291 Å². The van der Waals surface area contributed by atoms with E-state index in [1.54, 1.807) is 19.9 Å². The van der Waals surface area contributed by atoms with E-state index >= 15 is 0 Å². The third-order valence-electron chi connectivity index (χ3n) is 9.15. The minimum atomic E-state index is -1.61. The van der Waals surface area contributed by atoms with Crippen LogP contribution in [0.3, 0.4) is 0 Å². The number of halogens is 1. The van der Waals surface area contributed by atoms with Gasteiger partial charge in [0.25, 0.3) is 5.91 Å². The van der Waals surface area contributed by atoms with E-state index < -0.39 is 58.9 Å². The molecule has 0 aromatic heterocycles. The van der Waals surface area contributed by atoms with Crippen LogP contribution in [-0.4, -0.2) is 53.1 Å². The lowest BCUT2D eigenvalue weighted by Gasteiger charge is -2.24. The second-order valence-electron chi connectivity index (χ2n) is 13.0. The maximum atomic E-state index is 14.1.